The van der Waals surface area contributed by atoms with Gasteiger partial charge in [0, 0.05) is 31.4 Å². The molecule has 7 heteroatoms. The maximum atomic E-state index is 12.3. The number of nitrogens with zero attached hydrogens (tertiary/aromatic N) is 4. The summed E-state index contributed by atoms with van der Waals surface area (Å²) in [5.74, 6) is 2.08. The number of nitrogens with one attached hydrogen (secondary N) is 2. The summed E-state index contributed by atoms with van der Waals surface area (Å²) >= 11 is 0. The Hall–Kier alpha value is -2.96. The summed E-state index contributed by atoms with van der Waals surface area (Å²) in [6.07, 6.45) is 5.67. The third-order valence-corrected chi connectivity index (χ3v) is 4.22. The van der Waals surface area contributed by atoms with Gasteiger partial charge in [0.15, 0.2) is 0 Å². The summed E-state index contributed by atoms with van der Waals surface area (Å²) in [5, 5.41) is 6.01. The molecule has 3 aromatic rings. The van der Waals surface area contributed by atoms with Crippen LogP contribution in [0.25, 0.3) is 11.0 Å². The predicted molar refractivity (Wildman–Crippen MR) is 95.2 cm³/mol. The van der Waals surface area contributed by atoms with Gasteiger partial charge in [-0.1, -0.05) is 12.1 Å². The molecule has 2 aromatic heterocycles. The number of rotatable bonds is 7. The molecule has 0 atom stereocenters. The fourth-order valence-electron chi connectivity index (χ4n) is 2.88. The molecule has 0 aliphatic heterocycles. The van der Waals surface area contributed by atoms with E-state index in [0.29, 0.717) is 31.5 Å². The second-order valence-electron chi connectivity index (χ2n) is 6.17. The van der Waals surface area contributed by atoms with Crippen LogP contribution < -0.4 is 10.6 Å². The van der Waals surface area contributed by atoms with E-state index in [9.17, 15) is 4.79 Å². The van der Waals surface area contributed by atoms with Gasteiger partial charge in [-0.05, 0) is 31.0 Å². The molecule has 0 saturated heterocycles. The van der Waals surface area contributed by atoms with Crippen LogP contribution in [0.3, 0.4) is 0 Å². The summed E-state index contributed by atoms with van der Waals surface area (Å²) in [5.41, 5.74) is 1.98. The van der Waals surface area contributed by atoms with E-state index >= 15 is 0 Å². The van der Waals surface area contributed by atoms with Crippen molar-refractivity contribution < 1.29 is 4.79 Å². The maximum absolute atomic E-state index is 12.3. The zero-order valence-electron chi connectivity index (χ0n) is 13.9. The highest BCUT2D eigenvalue weighted by Crippen LogP contribution is 2.40. The number of para-hydroxylation sites is 2. The average Bonchev–Trinajstić information content (AvgIpc) is 3.43. The van der Waals surface area contributed by atoms with Gasteiger partial charge in [0.2, 0.25) is 11.9 Å². The first-order valence-electron chi connectivity index (χ1n) is 8.54. The minimum absolute atomic E-state index is 0.0131. The van der Waals surface area contributed by atoms with E-state index in [1.807, 2.05) is 24.3 Å². The lowest BCUT2D eigenvalue weighted by Crippen LogP contribution is -2.32. The molecular weight excluding hydrogens is 316 g/mol. The van der Waals surface area contributed by atoms with Gasteiger partial charge >= 0.3 is 0 Å². The Morgan fingerprint density at radius 1 is 1.12 bits per heavy atom. The number of carbonyl (C=O) groups is 1. The summed E-state index contributed by atoms with van der Waals surface area (Å²) < 4.78 is 2.05. The molecule has 1 aliphatic rings. The molecule has 0 radical (unpaired) electrons. The van der Waals surface area contributed by atoms with Gasteiger partial charge in [-0.3, -0.25) is 4.79 Å². The number of imidazole rings is 1. The molecule has 0 bridgehead atoms. The van der Waals surface area contributed by atoms with E-state index in [2.05, 4.69) is 25.2 Å². The average molecular weight is 336 g/mol. The quantitative estimate of drug-likeness (QED) is 0.644. The van der Waals surface area contributed by atoms with E-state index in [0.717, 1.165) is 29.7 Å². The van der Waals surface area contributed by atoms with Crippen LogP contribution in [0, 0.1) is 0 Å². The minimum Gasteiger partial charge on any atom is -0.353 e. The van der Waals surface area contributed by atoms with E-state index in [4.69, 9.17) is 4.98 Å². The van der Waals surface area contributed by atoms with E-state index in [-0.39, 0.29) is 5.91 Å². The molecular formula is C18H20N6O. The highest BCUT2D eigenvalue weighted by molar-refractivity contribution is 5.81. The first kappa shape index (κ1) is 15.6. The van der Waals surface area contributed by atoms with Crippen molar-refractivity contribution in [1.82, 2.24) is 24.8 Å². The van der Waals surface area contributed by atoms with Crippen molar-refractivity contribution in [3.8, 4) is 0 Å². The Labute approximate surface area is 145 Å². The van der Waals surface area contributed by atoms with E-state index in [1.165, 1.54) is 0 Å². The maximum Gasteiger partial charge on any atom is 0.240 e. The number of anilines is 1. The zero-order valence-corrected chi connectivity index (χ0v) is 13.9. The van der Waals surface area contributed by atoms with Crippen molar-refractivity contribution in [2.24, 2.45) is 0 Å². The number of carbonyl (C=O) groups excluding carboxylic acids is 1. The second kappa shape index (κ2) is 6.88. The smallest absolute Gasteiger partial charge is 0.240 e. The first-order chi connectivity index (χ1) is 12.3. The van der Waals surface area contributed by atoms with E-state index < -0.39 is 0 Å². The van der Waals surface area contributed by atoms with Crippen LogP contribution in [0.4, 0.5) is 5.95 Å². The van der Waals surface area contributed by atoms with Crippen LogP contribution in [0.15, 0.2) is 42.7 Å². The zero-order chi connectivity index (χ0) is 17.1. The number of amides is 1. The molecule has 1 aromatic carbocycles. The van der Waals surface area contributed by atoms with Gasteiger partial charge in [-0.2, -0.15) is 0 Å². The molecule has 25 heavy (non-hydrogen) atoms. The number of fused-ring (bicyclic) bond motifs is 1. The lowest BCUT2D eigenvalue weighted by atomic mass is 10.3. The second-order valence-corrected chi connectivity index (χ2v) is 6.17. The minimum atomic E-state index is -0.0131. The Balaban J connectivity index is 1.36. The first-order valence-corrected chi connectivity index (χ1v) is 8.54. The van der Waals surface area contributed by atoms with Crippen LogP contribution in [-0.2, 0) is 11.3 Å². The molecule has 0 spiro atoms. The fourth-order valence-corrected chi connectivity index (χ4v) is 2.88. The van der Waals surface area contributed by atoms with Crippen molar-refractivity contribution in [3.63, 3.8) is 0 Å². The molecule has 128 valence electrons. The van der Waals surface area contributed by atoms with Crippen molar-refractivity contribution in [3.05, 3.63) is 48.5 Å². The highest BCUT2D eigenvalue weighted by atomic mass is 16.1. The normalized spacial score (nSPS) is 13.8. The standard InChI is InChI=1S/C18H20N6O/c25-16(19-10-11-22-18-20-8-3-9-21-18)12-24-15-5-2-1-4-14(15)23-17(24)13-6-7-13/h1-5,8-9,13H,6-7,10-12H2,(H,19,25)(H,20,21,22). The van der Waals surface area contributed by atoms with Gasteiger partial charge in [-0.15, -0.1) is 0 Å². The molecule has 7 nitrogen and oxygen atoms in total. The summed E-state index contributed by atoms with van der Waals surface area (Å²) in [4.78, 5) is 25.2. The van der Waals surface area contributed by atoms with Crippen molar-refractivity contribution in [2.45, 2.75) is 25.3 Å². The van der Waals surface area contributed by atoms with Gasteiger partial charge in [-0.25, -0.2) is 15.0 Å². The monoisotopic (exact) mass is 336 g/mol. The summed E-state index contributed by atoms with van der Waals surface area (Å²) in [7, 11) is 0. The Morgan fingerprint density at radius 2 is 1.92 bits per heavy atom. The molecule has 1 aliphatic carbocycles. The lowest BCUT2D eigenvalue weighted by Gasteiger charge is -2.10. The molecule has 0 unspecified atom stereocenters. The SMILES string of the molecule is O=C(Cn1c(C2CC2)nc2ccccc21)NCCNc1ncccn1. The Bertz CT molecular complexity index is 872. The van der Waals surface area contributed by atoms with Crippen molar-refractivity contribution >= 4 is 22.9 Å². The number of hydrogen-bond donors (Lipinski definition) is 2. The van der Waals surface area contributed by atoms with Gasteiger partial charge < -0.3 is 15.2 Å². The van der Waals surface area contributed by atoms with Gasteiger partial charge in [0.05, 0.1) is 11.0 Å². The number of aromatic nitrogens is 4. The van der Waals surface area contributed by atoms with Crippen LogP contribution in [0.5, 0.6) is 0 Å². The van der Waals surface area contributed by atoms with Crippen LogP contribution >= 0.6 is 0 Å². The molecule has 2 heterocycles. The highest BCUT2D eigenvalue weighted by Gasteiger charge is 2.30. The molecule has 1 amide bonds. The van der Waals surface area contributed by atoms with Crippen LogP contribution in [-0.4, -0.2) is 38.5 Å². The van der Waals surface area contributed by atoms with Gasteiger partial charge in [0.25, 0.3) is 0 Å². The Morgan fingerprint density at radius 3 is 2.72 bits per heavy atom. The summed E-state index contributed by atoms with van der Waals surface area (Å²) in [6, 6.07) is 9.75. The van der Waals surface area contributed by atoms with Crippen molar-refractivity contribution in [2.75, 3.05) is 18.4 Å². The molecule has 1 saturated carbocycles. The third-order valence-electron chi connectivity index (χ3n) is 4.22. The largest absolute Gasteiger partial charge is 0.353 e. The van der Waals surface area contributed by atoms with E-state index in [1.54, 1.807) is 18.5 Å². The lowest BCUT2D eigenvalue weighted by molar-refractivity contribution is -0.121. The third kappa shape index (κ3) is 3.60. The molecule has 2 N–H and O–H groups in total. The Kier molecular flexibility index (Phi) is 4.28. The van der Waals surface area contributed by atoms with Gasteiger partial charge in [0.1, 0.15) is 12.4 Å². The fraction of sp³-hybridized carbons (Fsp3) is 0.333. The topological polar surface area (TPSA) is 84.7 Å². The molecule has 4 rings (SSSR count). The molecule has 1 fully saturated rings. The number of benzene rings is 1. The number of hydrogen-bond acceptors (Lipinski definition) is 5. The summed E-state index contributed by atoms with van der Waals surface area (Å²) in [6.45, 7) is 1.40. The van der Waals surface area contributed by atoms with Crippen LogP contribution in [0.2, 0.25) is 0 Å². The predicted octanol–water partition coefficient (Wildman–Crippen LogP) is 1.93. The van der Waals surface area contributed by atoms with Crippen molar-refractivity contribution in [1.29, 1.82) is 0 Å². The van der Waals surface area contributed by atoms with Crippen LogP contribution in [0.1, 0.15) is 24.6 Å².